The monoisotopic (exact) mass is 607 g/mol. The molecule has 1 aliphatic heterocycles. The molecule has 0 spiro atoms. The Morgan fingerprint density at radius 2 is 1.77 bits per heavy atom. The lowest BCUT2D eigenvalue weighted by atomic mass is 9.74. The molecule has 9 nitrogen and oxygen atoms in total. The van der Waals surface area contributed by atoms with Crippen LogP contribution < -0.4 is 5.56 Å². The molecule has 0 aliphatic carbocycles. The van der Waals surface area contributed by atoms with Crippen molar-refractivity contribution in [3.63, 3.8) is 0 Å². The van der Waals surface area contributed by atoms with Gasteiger partial charge in [-0.3, -0.25) is 14.4 Å². The van der Waals surface area contributed by atoms with Crippen molar-refractivity contribution in [3.8, 4) is 11.3 Å². The second kappa shape index (κ2) is 12.5. The number of likely N-dealkylation sites (tertiary alicyclic amines) is 1. The molecule has 0 unspecified atom stereocenters. The Bertz CT molecular complexity index is 1740. The zero-order valence-electron chi connectivity index (χ0n) is 24.6. The highest BCUT2D eigenvalue weighted by Crippen LogP contribution is 2.37. The molecule has 12 heteroatoms. The van der Waals surface area contributed by atoms with Gasteiger partial charge in [-0.25, -0.2) is 17.9 Å². The molecule has 0 bridgehead atoms. The van der Waals surface area contributed by atoms with Crippen LogP contribution in [0.3, 0.4) is 0 Å². The minimum absolute atomic E-state index is 0.00206. The van der Waals surface area contributed by atoms with Gasteiger partial charge >= 0.3 is 5.97 Å². The fourth-order valence-electron chi connectivity index (χ4n) is 5.68. The Hall–Kier alpha value is -4.74. The summed E-state index contributed by atoms with van der Waals surface area (Å²) >= 11 is 0. The number of amides is 1. The molecule has 4 aromatic rings. The fraction of sp³-hybridized carbons (Fsp3) is 0.344. The third kappa shape index (κ3) is 6.15. The lowest BCUT2D eigenvalue weighted by molar-refractivity contribution is -0.158. The number of aryl methyl sites for hydroxylation is 1. The highest BCUT2D eigenvalue weighted by Gasteiger charge is 2.44. The summed E-state index contributed by atoms with van der Waals surface area (Å²) in [5, 5.41) is 8.14. The summed E-state index contributed by atoms with van der Waals surface area (Å²) in [5.74, 6) is -4.01. The number of aromatic amines is 1. The first kappa shape index (κ1) is 30.7. The number of pyridine rings is 1. The number of H-pyrrole nitrogens is 1. The number of halogens is 3. The van der Waals surface area contributed by atoms with E-state index in [4.69, 9.17) is 4.74 Å². The summed E-state index contributed by atoms with van der Waals surface area (Å²) in [6.07, 6.45) is 2.07. The zero-order chi connectivity index (χ0) is 31.6. The molecule has 2 aromatic heterocycles. The van der Waals surface area contributed by atoms with Crippen LogP contribution in [0.1, 0.15) is 59.9 Å². The van der Waals surface area contributed by atoms with Crippen molar-refractivity contribution in [1.82, 2.24) is 24.9 Å². The van der Waals surface area contributed by atoms with Crippen LogP contribution in [0.15, 0.2) is 59.5 Å². The SMILES string of the molecule is CCOC(=O)C1(Cc2cn([C@H](C)c3c(F)cc(F)cc3F)nn2)CCN(C(=O)c2ccc(-c3cccc(C)c3)[nH]c2=O)CC1. The van der Waals surface area contributed by atoms with E-state index in [1.807, 2.05) is 31.2 Å². The van der Waals surface area contributed by atoms with Gasteiger partial charge in [0.15, 0.2) is 0 Å². The first-order chi connectivity index (χ1) is 21.0. The number of aromatic nitrogens is 4. The molecule has 1 saturated heterocycles. The first-order valence-corrected chi connectivity index (χ1v) is 14.3. The van der Waals surface area contributed by atoms with Gasteiger partial charge < -0.3 is 14.6 Å². The lowest BCUT2D eigenvalue weighted by Crippen LogP contribution is -2.49. The normalized spacial score (nSPS) is 15.2. The summed E-state index contributed by atoms with van der Waals surface area (Å²) in [5.41, 5.74) is 0.949. The Morgan fingerprint density at radius 1 is 1.07 bits per heavy atom. The van der Waals surface area contributed by atoms with Crippen LogP contribution in [-0.2, 0) is 16.0 Å². The van der Waals surface area contributed by atoms with Crippen molar-refractivity contribution >= 4 is 11.9 Å². The molecule has 0 radical (unpaired) electrons. The van der Waals surface area contributed by atoms with Crippen LogP contribution in [0.2, 0.25) is 0 Å². The number of rotatable bonds is 8. The van der Waals surface area contributed by atoms with Gasteiger partial charge in [-0.1, -0.05) is 29.0 Å². The van der Waals surface area contributed by atoms with E-state index < -0.39 is 46.3 Å². The number of hydrogen-bond acceptors (Lipinski definition) is 6. The summed E-state index contributed by atoms with van der Waals surface area (Å²) in [6, 6.07) is 11.1. The van der Waals surface area contributed by atoms with Crippen molar-refractivity contribution in [2.75, 3.05) is 19.7 Å². The molecule has 1 N–H and O–H groups in total. The maximum absolute atomic E-state index is 14.4. The van der Waals surface area contributed by atoms with Gasteiger partial charge in [0.1, 0.15) is 23.0 Å². The summed E-state index contributed by atoms with van der Waals surface area (Å²) in [6.45, 7) is 5.67. The quantitative estimate of drug-likeness (QED) is 0.283. The van der Waals surface area contributed by atoms with Gasteiger partial charge in [0.25, 0.3) is 11.5 Å². The highest BCUT2D eigenvalue weighted by molar-refractivity contribution is 5.94. The van der Waals surface area contributed by atoms with Gasteiger partial charge in [-0.2, -0.15) is 0 Å². The van der Waals surface area contributed by atoms with Gasteiger partial charge in [0.2, 0.25) is 0 Å². The van der Waals surface area contributed by atoms with Crippen molar-refractivity contribution < 1.29 is 27.5 Å². The number of carbonyl (C=O) groups is 2. The predicted octanol–water partition coefficient (Wildman–Crippen LogP) is 5.00. The third-order valence-electron chi connectivity index (χ3n) is 8.12. The molecule has 1 fully saturated rings. The summed E-state index contributed by atoms with van der Waals surface area (Å²) < 4.78 is 48.8. The summed E-state index contributed by atoms with van der Waals surface area (Å²) in [7, 11) is 0. The maximum atomic E-state index is 14.4. The number of carbonyl (C=O) groups excluding carboxylic acids is 2. The predicted molar refractivity (Wildman–Crippen MR) is 155 cm³/mol. The molecule has 1 atom stereocenters. The highest BCUT2D eigenvalue weighted by atomic mass is 19.1. The van der Waals surface area contributed by atoms with Crippen LogP contribution in [0.25, 0.3) is 11.3 Å². The number of esters is 1. The fourth-order valence-corrected chi connectivity index (χ4v) is 5.68. The Kier molecular flexibility index (Phi) is 8.70. The molecule has 2 aromatic carbocycles. The van der Waals surface area contributed by atoms with Gasteiger partial charge in [-0.15, -0.1) is 5.10 Å². The molecule has 1 amide bonds. The first-order valence-electron chi connectivity index (χ1n) is 14.3. The smallest absolute Gasteiger partial charge is 0.312 e. The van der Waals surface area contributed by atoms with Crippen LogP contribution in [0, 0.1) is 29.8 Å². The van der Waals surface area contributed by atoms with E-state index >= 15 is 0 Å². The van der Waals surface area contributed by atoms with E-state index in [0.717, 1.165) is 11.1 Å². The van der Waals surface area contributed by atoms with Crippen LogP contribution in [-0.4, -0.2) is 56.5 Å². The average Bonchev–Trinajstić information content (AvgIpc) is 3.45. The molecule has 1 aliphatic rings. The van der Waals surface area contributed by atoms with Gasteiger partial charge in [0.05, 0.1) is 23.8 Å². The number of piperidine rings is 1. The zero-order valence-corrected chi connectivity index (χ0v) is 24.6. The number of hydrogen-bond donors (Lipinski definition) is 1. The molecule has 5 rings (SSSR count). The minimum Gasteiger partial charge on any atom is -0.466 e. The van der Waals surface area contributed by atoms with Crippen molar-refractivity contribution in [1.29, 1.82) is 0 Å². The lowest BCUT2D eigenvalue weighted by Gasteiger charge is -2.39. The largest absolute Gasteiger partial charge is 0.466 e. The number of benzene rings is 2. The van der Waals surface area contributed by atoms with E-state index in [2.05, 4.69) is 15.3 Å². The average molecular weight is 608 g/mol. The standard InChI is InChI=1S/C32H32F3N5O4/c1-4-44-31(43)32(17-23-18-40(38-37-23)20(3)28-25(34)15-22(33)16-26(28)35)10-12-39(13-11-32)30(42)24-8-9-27(36-29(24)41)21-7-5-6-19(2)14-21/h5-9,14-16,18,20H,4,10-13,17H2,1-3H3,(H,36,41)/t20-/m1/s1. The minimum atomic E-state index is -1.05. The summed E-state index contributed by atoms with van der Waals surface area (Å²) in [4.78, 5) is 43.8. The number of ether oxygens (including phenoxy) is 1. The van der Waals surface area contributed by atoms with Crippen LogP contribution in [0.5, 0.6) is 0 Å². The van der Waals surface area contributed by atoms with Gasteiger partial charge in [0, 0.05) is 49.1 Å². The molecular formula is C32H32F3N5O4. The van der Waals surface area contributed by atoms with Crippen molar-refractivity contribution in [3.05, 3.63) is 105 Å². The molecule has 230 valence electrons. The maximum Gasteiger partial charge on any atom is 0.312 e. The van der Waals surface area contributed by atoms with E-state index in [0.29, 0.717) is 23.5 Å². The topological polar surface area (TPSA) is 110 Å². The van der Waals surface area contributed by atoms with E-state index in [-0.39, 0.29) is 50.1 Å². The number of nitrogens with one attached hydrogen (secondary N) is 1. The second-order valence-electron chi connectivity index (χ2n) is 11.1. The molecule has 44 heavy (non-hydrogen) atoms. The van der Waals surface area contributed by atoms with Crippen molar-refractivity contribution in [2.24, 2.45) is 5.41 Å². The number of nitrogens with zero attached hydrogens (tertiary/aromatic N) is 4. The second-order valence-corrected chi connectivity index (χ2v) is 11.1. The van der Waals surface area contributed by atoms with Crippen molar-refractivity contribution in [2.45, 2.75) is 46.1 Å². The van der Waals surface area contributed by atoms with E-state index in [1.165, 1.54) is 28.8 Å². The third-order valence-corrected chi connectivity index (χ3v) is 8.12. The van der Waals surface area contributed by atoms with Crippen LogP contribution in [0.4, 0.5) is 13.2 Å². The Balaban J connectivity index is 1.32. The van der Waals surface area contributed by atoms with E-state index in [9.17, 15) is 27.6 Å². The molecule has 0 saturated carbocycles. The Labute approximate surface area is 251 Å². The van der Waals surface area contributed by atoms with Crippen LogP contribution >= 0.6 is 0 Å². The molecule has 3 heterocycles. The Morgan fingerprint density at radius 3 is 2.41 bits per heavy atom. The molecular weight excluding hydrogens is 575 g/mol. The van der Waals surface area contributed by atoms with Gasteiger partial charge in [-0.05, 0) is 57.4 Å². The van der Waals surface area contributed by atoms with E-state index in [1.54, 1.807) is 13.0 Å².